The SMILES string of the molecule is CCCCc1c(C)n(CCc2ccccc2)c(=O)n1-c1ccc(-c2ncccc2-c2nnn[nH]2)cc1. The molecule has 2 aromatic carbocycles. The second kappa shape index (κ2) is 10.5. The summed E-state index contributed by atoms with van der Waals surface area (Å²) >= 11 is 0. The molecule has 5 aromatic rings. The predicted octanol–water partition coefficient (Wildman–Crippen LogP) is 4.77. The van der Waals surface area contributed by atoms with Crippen molar-refractivity contribution in [2.45, 2.75) is 46.1 Å². The summed E-state index contributed by atoms with van der Waals surface area (Å²) in [6, 6.07) is 22.1. The number of hydrogen-bond donors (Lipinski definition) is 1. The summed E-state index contributed by atoms with van der Waals surface area (Å²) in [4.78, 5) is 18.2. The molecule has 0 aliphatic heterocycles. The van der Waals surface area contributed by atoms with Crippen molar-refractivity contribution in [3.05, 3.63) is 100 Å². The molecular weight excluding hydrogens is 450 g/mol. The lowest BCUT2D eigenvalue weighted by Gasteiger charge is -2.10. The largest absolute Gasteiger partial charge is 0.333 e. The van der Waals surface area contributed by atoms with Crippen LogP contribution >= 0.6 is 0 Å². The van der Waals surface area contributed by atoms with Crippen LogP contribution in [0.25, 0.3) is 28.3 Å². The molecule has 0 unspecified atom stereocenters. The predicted molar refractivity (Wildman–Crippen MR) is 140 cm³/mol. The first-order valence-electron chi connectivity index (χ1n) is 12.3. The van der Waals surface area contributed by atoms with Crippen molar-refractivity contribution in [3.63, 3.8) is 0 Å². The third-order valence-electron chi connectivity index (χ3n) is 6.56. The minimum Gasteiger partial charge on any atom is -0.296 e. The first-order valence-corrected chi connectivity index (χ1v) is 12.3. The van der Waals surface area contributed by atoms with Gasteiger partial charge in [0.1, 0.15) is 0 Å². The van der Waals surface area contributed by atoms with Crippen molar-refractivity contribution in [1.29, 1.82) is 0 Å². The molecule has 1 N–H and O–H groups in total. The molecule has 0 amide bonds. The lowest BCUT2D eigenvalue weighted by Crippen LogP contribution is -2.25. The molecule has 0 bridgehead atoms. The van der Waals surface area contributed by atoms with Gasteiger partial charge in [-0.2, -0.15) is 0 Å². The van der Waals surface area contributed by atoms with Crippen LogP contribution in [0.1, 0.15) is 36.7 Å². The molecule has 0 spiro atoms. The number of imidazole rings is 1. The maximum atomic E-state index is 13.6. The fourth-order valence-corrected chi connectivity index (χ4v) is 4.62. The zero-order chi connectivity index (χ0) is 24.9. The van der Waals surface area contributed by atoms with Gasteiger partial charge in [0, 0.05) is 35.3 Å². The van der Waals surface area contributed by atoms with Gasteiger partial charge in [0.25, 0.3) is 0 Å². The minimum absolute atomic E-state index is 0.00791. The topological polar surface area (TPSA) is 94.3 Å². The zero-order valence-corrected chi connectivity index (χ0v) is 20.6. The van der Waals surface area contributed by atoms with Gasteiger partial charge >= 0.3 is 5.69 Å². The van der Waals surface area contributed by atoms with Gasteiger partial charge in [-0.05, 0) is 66.4 Å². The molecule has 0 atom stereocenters. The van der Waals surface area contributed by atoms with E-state index in [2.05, 4.69) is 51.6 Å². The summed E-state index contributed by atoms with van der Waals surface area (Å²) < 4.78 is 3.79. The van der Waals surface area contributed by atoms with Crippen LogP contribution in [0.3, 0.4) is 0 Å². The second-order valence-electron chi connectivity index (χ2n) is 8.84. The zero-order valence-electron chi connectivity index (χ0n) is 20.6. The average molecular weight is 480 g/mol. The lowest BCUT2D eigenvalue weighted by atomic mass is 10.0. The maximum Gasteiger partial charge on any atom is 0.333 e. The molecule has 0 saturated carbocycles. The lowest BCUT2D eigenvalue weighted by molar-refractivity contribution is 0.646. The van der Waals surface area contributed by atoms with Gasteiger partial charge in [-0.3, -0.25) is 14.1 Å². The Morgan fingerprint density at radius 3 is 2.47 bits per heavy atom. The summed E-state index contributed by atoms with van der Waals surface area (Å²) in [7, 11) is 0. The summed E-state index contributed by atoms with van der Waals surface area (Å²) in [6.07, 6.45) is 5.53. The Morgan fingerprint density at radius 1 is 0.944 bits per heavy atom. The normalized spacial score (nSPS) is 11.2. The first-order chi connectivity index (χ1) is 17.7. The fraction of sp³-hybridized carbons (Fsp3) is 0.250. The van der Waals surface area contributed by atoms with Crippen molar-refractivity contribution in [2.24, 2.45) is 0 Å². The average Bonchev–Trinajstić information content (AvgIpc) is 3.54. The van der Waals surface area contributed by atoms with Gasteiger partial charge in [-0.25, -0.2) is 9.89 Å². The standard InChI is InChI=1S/C28H29N7O/c1-3-4-12-25-20(2)34(19-17-21-9-6-5-7-10-21)28(36)35(25)23-15-13-22(14-16-23)26-24(11-8-18-29-26)27-30-32-33-31-27/h5-11,13-16,18H,3-4,12,17,19H2,1-2H3,(H,30,31,32,33). The monoisotopic (exact) mass is 479 g/mol. The highest BCUT2D eigenvalue weighted by atomic mass is 16.1. The van der Waals surface area contributed by atoms with Crippen molar-refractivity contribution in [3.8, 4) is 28.3 Å². The van der Waals surface area contributed by atoms with Crippen molar-refractivity contribution >= 4 is 0 Å². The van der Waals surface area contributed by atoms with Crippen LogP contribution in [-0.4, -0.2) is 34.7 Å². The molecule has 0 aliphatic rings. The van der Waals surface area contributed by atoms with E-state index in [1.54, 1.807) is 6.20 Å². The van der Waals surface area contributed by atoms with Gasteiger partial charge in [0.15, 0.2) is 5.82 Å². The van der Waals surface area contributed by atoms with E-state index < -0.39 is 0 Å². The quantitative estimate of drug-likeness (QED) is 0.328. The van der Waals surface area contributed by atoms with E-state index in [1.807, 2.05) is 63.7 Å². The molecular formula is C28H29N7O. The van der Waals surface area contributed by atoms with Crippen LogP contribution < -0.4 is 5.69 Å². The summed E-state index contributed by atoms with van der Waals surface area (Å²) in [5.74, 6) is 0.561. The smallest absolute Gasteiger partial charge is 0.296 e. The third kappa shape index (κ3) is 4.62. The highest BCUT2D eigenvalue weighted by molar-refractivity contribution is 5.77. The number of unbranched alkanes of at least 4 members (excludes halogenated alkanes) is 1. The molecule has 8 nitrogen and oxygen atoms in total. The number of aryl methyl sites for hydroxylation is 1. The van der Waals surface area contributed by atoms with E-state index >= 15 is 0 Å². The van der Waals surface area contributed by atoms with E-state index in [1.165, 1.54) is 5.56 Å². The highest BCUT2D eigenvalue weighted by Gasteiger charge is 2.18. The first kappa shape index (κ1) is 23.4. The Kier molecular flexibility index (Phi) is 6.84. The molecule has 0 fully saturated rings. The molecule has 0 saturated heterocycles. The molecule has 182 valence electrons. The van der Waals surface area contributed by atoms with Gasteiger partial charge in [0.05, 0.1) is 11.4 Å². The molecule has 0 radical (unpaired) electrons. The van der Waals surface area contributed by atoms with Gasteiger partial charge in [0.2, 0.25) is 0 Å². The minimum atomic E-state index is 0.00791. The Balaban J connectivity index is 1.51. The fourth-order valence-electron chi connectivity index (χ4n) is 4.62. The van der Waals surface area contributed by atoms with Crippen molar-refractivity contribution in [1.82, 2.24) is 34.7 Å². The number of H-pyrrole nitrogens is 1. The number of tetrazole rings is 1. The molecule has 0 aliphatic carbocycles. The Labute approximate surface area is 209 Å². The maximum absolute atomic E-state index is 13.6. The number of aromatic amines is 1. The van der Waals surface area contributed by atoms with E-state index in [4.69, 9.17) is 0 Å². The number of nitrogens with zero attached hydrogens (tertiary/aromatic N) is 6. The van der Waals surface area contributed by atoms with Crippen molar-refractivity contribution in [2.75, 3.05) is 0 Å². The number of pyridine rings is 1. The van der Waals surface area contributed by atoms with E-state index in [0.717, 1.165) is 59.6 Å². The van der Waals surface area contributed by atoms with E-state index in [9.17, 15) is 4.79 Å². The van der Waals surface area contributed by atoms with Crippen LogP contribution in [0.4, 0.5) is 0 Å². The second-order valence-corrected chi connectivity index (χ2v) is 8.84. The van der Waals surface area contributed by atoms with Crippen LogP contribution in [0, 0.1) is 6.92 Å². The summed E-state index contributed by atoms with van der Waals surface area (Å²) in [5.41, 5.74) is 6.73. The summed E-state index contributed by atoms with van der Waals surface area (Å²) in [6.45, 7) is 4.89. The van der Waals surface area contributed by atoms with Gasteiger partial charge in [-0.1, -0.05) is 55.8 Å². The number of aromatic nitrogens is 7. The Bertz CT molecular complexity index is 1480. The number of hydrogen-bond acceptors (Lipinski definition) is 5. The van der Waals surface area contributed by atoms with Gasteiger partial charge in [-0.15, -0.1) is 5.10 Å². The van der Waals surface area contributed by atoms with Crippen molar-refractivity contribution < 1.29 is 0 Å². The molecule has 36 heavy (non-hydrogen) atoms. The van der Waals surface area contributed by atoms with E-state index in [-0.39, 0.29) is 5.69 Å². The van der Waals surface area contributed by atoms with Gasteiger partial charge < -0.3 is 0 Å². The molecule has 8 heteroatoms. The van der Waals surface area contributed by atoms with E-state index in [0.29, 0.717) is 12.4 Å². The number of nitrogens with one attached hydrogen (secondary N) is 1. The van der Waals surface area contributed by atoms with Crippen LogP contribution in [0.5, 0.6) is 0 Å². The highest BCUT2D eigenvalue weighted by Crippen LogP contribution is 2.28. The number of rotatable bonds is 9. The Hall–Kier alpha value is -4.33. The number of benzene rings is 2. The summed E-state index contributed by atoms with van der Waals surface area (Å²) in [5, 5.41) is 14.2. The van der Waals surface area contributed by atoms with Crippen LogP contribution in [0.2, 0.25) is 0 Å². The Morgan fingerprint density at radius 2 is 1.75 bits per heavy atom. The molecule has 5 rings (SSSR count). The van der Waals surface area contributed by atoms with Crippen LogP contribution in [-0.2, 0) is 19.4 Å². The molecule has 3 heterocycles. The third-order valence-corrected chi connectivity index (χ3v) is 6.56. The molecule has 3 aromatic heterocycles. The van der Waals surface area contributed by atoms with Crippen LogP contribution in [0.15, 0.2) is 77.7 Å².